The van der Waals surface area contributed by atoms with Gasteiger partial charge in [0.25, 0.3) is 0 Å². The summed E-state index contributed by atoms with van der Waals surface area (Å²) in [6, 6.07) is 0. The van der Waals surface area contributed by atoms with Crippen LogP contribution in [-0.4, -0.2) is 22.8 Å². The molecule has 0 bridgehead atoms. The summed E-state index contributed by atoms with van der Waals surface area (Å²) in [6.07, 6.45) is 8.89. The van der Waals surface area contributed by atoms with E-state index < -0.39 is 5.60 Å². The molecule has 0 aliphatic heterocycles. The van der Waals surface area contributed by atoms with Crippen LogP contribution in [0.25, 0.3) is 0 Å². The van der Waals surface area contributed by atoms with Gasteiger partial charge in [-0.1, -0.05) is 29.4 Å². The van der Waals surface area contributed by atoms with Gasteiger partial charge < -0.3 is 10.4 Å². The van der Waals surface area contributed by atoms with E-state index in [0.29, 0.717) is 0 Å². The lowest BCUT2D eigenvalue weighted by Crippen LogP contribution is -2.61. The molecule has 0 amide bonds. The molecule has 2 nitrogen and oxygen atoms in total. The highest BCUT2D eigenvalue weighted by Gasteiger charge is 2.44. The van der Waals surface area contributed by atoms with Crippen LogP contribution in [0.4, 0.5) is 0 Å². The molecule has 1 aliphatic carbocycles. The minimum Gasteiger partial charge on any atom is -0.384 e. The first-order valence-electron chi connectivity index (χ1n) is 6.73. The van der Waals surface area contributed by atoms with E-state index in [-0.39, 0.29) is 5.54 Å². The van der Waals surface area contributed by atoms with Crippen LogP contribution in [0.15, 0.2) is 36.0 Å². The van der Waals surface area contributed by atoms with Gasteiger partial charge in [-0.05, 0) is 47.0 Å². The Bertz CT molecular complexity index is 361. The molecule has 0 aromatic heterocycles. The molecule has 0 heterocycles. The average molecular weight is 249 g/mol. The van der Waals surface area contributed by atoms with E-state index in [2.05, 4.69) is 44.8 Å². The Labute approximate surface area is 111 Å². The van der Waals surface area contributed by atoms with Crippen molar-refractivity contribution in [1.82, 2.24) is 5.32 Å². The molecule has 2 heteroatoms. The first kappa shape index (κ1) is 15.2. The molecule has 0 unspecified atom stereocenters. The monoisotopic (exact) mass is 249 g/mol. The smallest absolute Gasteiger partial charge is 0.0981 e. The van der Waals surface area contributed by atoms with Gasteiger partial charge in [-0.25, -0.2) is 0 Å². The topological polar surface area (TPSA) is 32.3 Å². The Morgan fingerprint density at radius 2 is 2.28 bits per heavy atom. The third kappa shape index (κ3) is 3.33. The molecular weight excluding hydrogens is 222 g/mol. The van der Waals surface area contributed by atoms with Crippen LogP contribution in [0.3, 0.4) is 0 Å². The lowest BCUT2D eigenvalue weighted by atomic mass is 9.71. The van der Waals surface area contributed by atoms with Crippen LogP contribution in [-0.2, 0) is 0 Å². The van der Waals surface area contributed by atoms with Crippen LogP contribution >= 0.6 is 0 Å². The largest absolute Gasteiger partial charge is 0.384 e. The number of rotatable bonds is 5. The highest BCUT2D eigenvalue weighted by molar-refractivity contribution is 5.20. The van der Waals surface area contributed by atoms with Crippen LogP contribution < -0.4 is 5.32 Å². The van der Waals surface area contributed by atoms with Gasteiger partial charge in [-0.3, -0.25) is 0 Å². The fraction of sp³-hybridized carbons (Fsp3) is 0.625. The SMILES string of the molecule is C=C[C@@](C)(O)[C@]1(NCC=C(C)C)CC=C(C)CC1. The fourth-order valence-corrected chi connectivity index (χ4v) is 2.41. The van der Waals surface area contributed by atoms with E-state index in [0.717, 1.165) is 25.8 Å². The second-order valence-corrected chi connectivity index (χ2v) is 5.85. The zero-order valence-electron chi connectivity index (χ0n) is 12.2. The van der Waals surface area contributed by atoms with Crippen molar-refractivity contribution in [3.05, 3.63) is 36.0 Å². The van der Waals surface area contributed by atoms with Crippen molar-refractivity contribution in [3.63, 3.8) is 0 Å². The molecule has 1 rings (SSSR count). The molecule has 102 valence electrons. The standard InChI is InChI=1S/C16H27NO/c1-6-15(5,18)16(17-12-9-13(2)3)10-7-14(4)8-11-16/h6-7,9,17-18H,1,8,10-12H2,2-5H3/t15-,16+/m1/s1. The second-order valence-electron chi connectivity index (χ2n) is 5.85. The molecule has 0 saturated heterocycles. The minimum atomic E-state index is -0.889. The predicted molar refractivity (Wildman–Crippen MR) is 78.6 cm³/mol. The molecular formula is C16H27NO. The summed E-state index contributed by atoms with van der Waals surface area (Å²) in [5.41, 5.74) is 1.52. The van der Waals surface area contributed by atoms with Crippen molar-refractivity contribution in [2.24, 2.45) is 0 Å². The summed E-state index contributed by atoms with van der Waals surface area (Å²) in [6.45, 7) is 12.8. The number of nitrogens with one attached hydrogen (secondary N) is 1. The molecule has 0 saturated carbocycles. The number of allylic oxidation sites excluding steroid dienone is 2. The molecule has 0 spiro atoms. The minimum absolute atomic E-state index is 0.291. The molecule has 2 atom stereocenters. The van der Waals surface area contributed by atoms with E-state index in [1.807, 2.05) is 6.92 Å². The Morgan fingerprint density at radius 3 is 2.72 bits per heavy atom. The average Bonchev–Trinajstić information content (AvgIpc) is 2.31. The highest BCUT2D eigenvalue weighted by atomic mass is 16.3. The Morgan fingerprint density at radius 1 is 1.61 bits per heavy atom. The highest BCUT2D eigenvalue weighted by Crippen LogP contribution is 2.36. The lowest BCUT2D eigenvalue weighted by Gasteiger charge is -2.46. The normalized spacial score (nSPS) is 27.1. The van der Waals surface area contributed by atoms with Gasteiger partial charge >= 0.3 is 0 Å². The van der Waals surface area contributed by atoms with Crippen molar-refractivity contribution in [1.29, 1.82) is 0 Å². The van der Waals surface area contributed by atoms with E-state index in [4.69, 9.17) is 0 Å². The van der Waals surface area contributed by atoms with E-state index >= 15 is 0 Å². The first-order valence-corrected chi connectivity index (χ1v) is 6.73. The summed E-state index contributed by atoms with van der Waals surface area (Å²) in [4.78, 5) is 0. The molecule has 0 fully saturated rings. The fourth-order valence-electron chi connectivity index (χ4n) is 2.41. The van der Waals surface area contributed by atoms with Gasteiger partial charge in [0.1, 0.15) is 0 Å². The van der Waals surface area contributed by atoms with Gasteiger partial charge in [0, 0.05) is 6.54 Å². The number of hydrogen-bond donors (Lipinski definition) is 2. The van der Waals surface area contributed by atoms with Crippen molar-refractivity contribution < 1.29 is 5.11 Å². The quantitative estimate of drug-likeness (QED) is 0.732. The summed E-state index contributed by atoms with van der Waals surface area (Å²) in [5, 5.41) is 14.2. The number of hydrogen-bond acceptors (Lipinski definition) is 2. The summed E-state index contributed by atoms with van der Waals surface area (Å²) in [7, 11) is 0. The van der Waals surface area contributed by atoms with Gasteiger partial charge in [0.2, 0.25) is 0 Å². The zero-order valence-corrected chi connectivity index (χ0v) is 12.2. The van der Waals surface area contributed by atoms with Crippen molar-refractivity contribution in [2.75, 3.05) is 6.54 Å². The molecule has 0 radical (unpaired) electrons. The summed E-state index contributed by atoms with van der Waals surface area (Å²) in [5.74, 6) is 0. The van der Waals surface area contributed by atoms with Gasteiger partial charge in [0.05, 0.1) is 11.1 Å². The van der Waals surface area contributed by atoms with Crippen LogP contribution in [0, 0.1) is 0 Å². The maximum atomic E-state index is 10.6. The third-order valence-corrected chi connectivity index (χ3v) is 4.06. The molecule has 0 aromatic rings. The summed E-state index contributed by atoms with van der Waals surface area (Å²) < 4.78 is 0. The molecule has 1 aliphatic rings. The molecule has 18 heavy (non-hydrogen) atoms. The first-order chi connectivity index (χ1) is 8.33. The Balaban J connectivity index is 2.89. The van der Waals surface area contributed by atoms with E-state index in [1.165, 1.54) is 11.1 Å². The van der Waals surface area contributed by atoms with Gasteiger partial charge in [-0.15, -0.1) is 6.58 Å². The van der Waals surface area contributed by atoms with Crippen LogP contribution in [0.1, 0.15) is 47.0 Å². The van der Waals surface area contributed by atoms with Gasteiger partial charge in [0.15, 0.2) is 0 Å². The maximum absolute atomic E-state index is 10.6. The van der Waals surface area contributed by atoms with Crippen molar-refractivity contribution in [3.8, 4) is 0 Å². The molecule has 2 N–H and O–H groups in total. The summed E-state index contributed by atoms with van der Waals surface area (Å²) >= 11 is 0. The second kappa shape index (κ2) is 5.85. The third-order valence-electron chi connectivity index (χ3n) is 4.06. The van der Waals surface area contributed by atoms with Crippen LogP contribution in [0.2, 0.25) is 0 Å². The Kier molecular flexibility index (Phi) is 4.94. The van der Waals surface area contributed by atoms with E-state index in [9.17, 15) is 5.11 Å². The predicted octanol–water partition coefficient (Wildman–Crippen LogP) is 3.35. The Hall–Kier alpha value is -0.860. The van der Waals surface area contributed by atoms with Gasteiger partial charge in [-0.2, -0.15) is 0 Å². The maximum Gasteiger partial charge on any atom is 0.0981 e. The van der Waals surface area contributed by atoms with Crippen molar-refractivity contribution in [2.45, 2.75) is 58.1 Å². The van der Waals surface area contributed by atoms with Crippen LogP contribution in [0.5, 0.6) is 0 Å². The van der Waals surface area contributed by atoms with Crippen molar-refractivity contribution >= 4 is 0 Å². The molecule has 0 aromatic carbocycles. The lowest BCUT2D eigenvalue weighted by molar-refractivity contribution is -0.000779. The number of aliphatic hydroxyl groups is 1. The zero-order chi connectivity index (χ0) is 13.8. The van der Waals surface area contributed by atoms with E-state index in [1.54, 1.807) is 6.08 Å².